The van der Waals surface area contributed by atoms with Crippen molar-refractivity contribution in [2.45, 2.75) is 13.3 Å². The molecule has 0 saturated carbocycles. The Labute approximate surface area is 102 Å². The number of carbonyl (C=O) groups is 1. The lowest BCUT2D eigenvalue weighted by Gasteiger charge is -1.99. The van der Waals surface area contributed by atoms with E-state index >= 15 is 0 Å². The Kier molecular flexibility index (Phi) is 3.33. The maximum absolute atomic E-state index is 13.0. The van der Waals surface area contributed by atoms with E-state index in [2.05, 4.69) is 0 Å². The number of halogens is 2. The molecule has 0 aliphatic rings. The molecule has 0 amide bonds. The van der Waals surface area contributed by atoms with Crippen molar-refractivity contribution in [1.82, 2.24) is 0 Å². The average molecular weight is 252 g/mol. The molecule has 88 valence electrons. The van der Waals surface area contributed by atoms with E-state index in [9.17, 15) is 13.6 Å². The summed E-state index contributed by atoms with van der Waals surface area (Å²) in [5.74, 6) is -2.21. The fourth-order valence-corrected chi connectivity index (χ4v) is 2.38. The van der Waals surface area contributed by atoms with E-state index in [1.165, 1.54) is 17.4 Å². The van der Waals surface area contributed by atoms with E-state index in [4.69, 9.17) is 0 Å². The van der Waals surface area contributed by atoms with Gasteiger partial charge in [0.15, 0.2) is 11.6 Å². The fraction of sp³-hybridized carbons (Fsp3) is 0.154. The molecule has 0 spiro atoms. The molecule has 0 unspecified atom stereocenters. The first kappa shape index (κ1) is 11.9. The van der Waals surface area contributed by atoms with Crippen molar-refractivity contribution in [3.8, 4) is 0 Å². The Balaban J connectivity index is 2.33. The van der Waals surface area contributed by atoms with Crippen LogP contribution in [0.4, 0.5) is 8.78 Å². The normalized spacial score (nSPS) is 10.5. The molecule has 1 aromatic heterocycles. The molecule has 1 nitrogen and oxygen atoms in total. The van der Waals surface area contributed by atoms with E-state index in [-0.39, 0.29) is 11.3 Å². The molecular weight excluding hydrogens is 242 g/mol. The van der Waals surface area contributed by atoms with Gasteiger partial charge in [-0.25, -0.2) is 8.78 Å². The van der Waals surface area contributed by atoms with Crippen LogP contribution in [0.5, 0.6) is 0 Å². The second-order valence-corrected chi connectivity index (χ2v) is 4.75. The van der Waals surface area contributed by atoms with Gasteiger partial charge in [0.1, 0.15) is 0 Å². The van der Waals surface area contributed by atoms with Crippen molar-refractivity contribution in [2.75, 3.05) is 0 Å². The predicted octanol–water partition coefficient (Wildman–Crippen LogP) is 3.82. The highest BCUT2D eigenvalue weighted by Gasteiger charge is 2.13. The van der Waals surface area contributed by atoms with Crippen LogP contribution in [0, 0.1) is 11.6 Å². The van der Waals surface area contributed by atoms with Gasteiger partial charge in [-0.3, -0.25) is 4.79 Å². The quantitative estimate of drug-likeness (QED) is 0.759. The standard InChI is InChI=1S/C13H10F2OS/c1-2-9-4-6-12(17-9)13(16)8-3-5-10(14)11(15)7-8/h3-7H,2H2,1H3. The monoisotopic (exact) mass is 252 g/mol. The molecule has 0 N–H and O–H groups in total. The zero-order valence-corrected chi connectivity index (χ0v) is 9.98. The number of thiophene rings is 1. The van der Waals surface area contributed by atoms with Crippen LogP contribution in [0.2, 0.25) is 0 Å². The molecule has 0 aliphatic carbocycles. The molecule has 1 aromatic carbocycles. The Hall–Kier alpha value is -1.55. The van der Waals surface area contributed by atoms with Crippen LogP contribution in [0.3, 0.4) is 0 Å². The van der Waals surface area contributed by atoms with E-state index in [0.29, 0.717) is 4.88 Å². The highest BCUT2D eigenvalue weighted by molar-refractivity contribution is 7.14. The first-order valence-electron chi connectivity index (χ1n) is 5.20. The van der Waals surface area contributed by atoms with Crippen molar-refractivity contribution >= 4 is 17.1 Å². The van der Waals surface area contributed by atoms with E-state index < -0.39 is 11.6 Å². The molecule has 0 atom stereocenters. The minimum Gasteiger partial charge on any atom is -0.288 e. The lowest BCUT2D eigenvalue weighted by molar-refractivity contribution is 0.104. The minimum atomic E-state index is -0.997. The Morgan fingerprint density at radius 1 is 1.18 bits per heavy atom. The smallest absolute Gasteiger partial charge is 0.203 e. The second kappa shape index (κ2) is 4.75. The van der Waals surface area contributed by atoms with Crippen molar-refractivity contribution in [3.05, 3.63) is 57.3 Å². The fourth-order valence-electron chi connectivity index (χ4n) is 1.47. The highest BCUT2D eigenvalue weighted by Crippen LogP contribution is 2.21. The molecule has 2 aromatic rings. The van der Waals surface area contributed by atoms with Crippen molar-refractivity contribution in [2.24, 2.45) is 0 Å². The number of benzene rings is 1. The van der Waals surface area contributed by atoms with Gasteiger partial charge >= 0.3 is 0 Å². The number of hydrogen-bond donors (Lipinski definition) is 0. The number of aryl methyl sites for hydroxylation is 1. The van der Waals surface area contributed by atoms with Crippen molar-refractivity contribution in [3.63, 3.8) is 0 Å². The summed E-state index contributed by atoms with van der Waals surface area (Å²) in [5.41, 5.74) is 0.174. The van der Waals surface area contributed by atoms with E-state index in [1.54, 1.807) is 6.07 Å². The van der Waals surface area contributed by atoms with Crippen LogP contribution in [0.25, 0.3) is 0 Å². The zero-order chi connectivity index (χ0) is 12.4. The molecule has 0 saturated heterocycles. The minimum absolute atomic E-state index is 0.174. The first-order chi connectivity index (χ1) is 8.11. The SMILES string of the molecule is CCc1ccc(C(=O)c2ccc(F)c(F)c2)s1. The summed E-state index contributed by atoms with van der Waals surface area (Å²) < 4.78 is 25.7. The van der Waals surface area contributed by atoms with Gasteiger partial charge in [0.25, 0.3) is 0 Å². The van der Waals surface area contributed by atoms with Gasteiger partial charge in [-0.15, -0.1) is 11.3 Å². The molecule has 0 fully saturated rings. The van der Waals surface area contributed by atoms with Crippen LogP contribution in [0.1, 0.15) is 27.0 Å². The largest absolute Gasteiger partial charge is 0.288 e. The van der Waals surface area contributed by atoms with Gasteiger partial charge < -0.3 is 0 Å². The summed E-state index contributed by atoms with van der Waals surface area (Å²) in [6, 6.07) is 6.79. The lowest BCUT2D eigenvalue weighted by atomic mass is 10.1. The topological polar surface area (TPSA) is 17.1 Å². The third kappa shape index (κ3) is 2.42. The molecule has 17 heavy (non-hydrogen) atoms. The number of carbonyl (C=O) groups excluding carboxylic acids is 1. The van der Waals surface area contributed by atoms with E-state index in [0.717, 1.165) is 23.4 Å². The van der Waals surface area contributed by atoms with Gasteiger partial charge in [0.2, 0.25) is 5.78 Å². The molecule has 1 heterocycles. The average Bonchev–Trinajstić information content (AvgIpc) is 2.80. The van der Waals surface area contributed by atoms with Gasteiger partial charge in [0.05, 0.1) is 4.88 Å². The third-order valence-electron chi connectivity index (χ3n) is 2.42. The van der Waals surface area contributed by atoms with Gasteiger partial charge in [-0.1, -0.05) is 6.92 Å². The highest BCUT2D eigenvalue weighted by atomic mass is 32.1. The zero-order valence-electron chi connectivity index (χ0n) is 9.17. The number of ketones is 1. The third-order valence-corrected chi connectivity index (χ3v) is 3.64. The van der Waals surface area contributed by atoms with Crippen LogP contribution in [0.15, 0.2) is 30.3 Å². The van der Waals surface area contributed by atoms with Crippen LogP contribution >= 0.6 is 11.3 Å². The summed E-state index contributed by atoms with van der Waals surface area (Å²) in [7, 11) is 0. The molecule has 0 aliphatic heterocycles. The molecule has 0 bridgehead atoms. The van der Waals surface area contributed by atoms with Crippen molar-refractivity contribution < 1.29 is 13.6 Å². The van der Waals surface area contributed by atoms with Gasteiger partial charge in [-0.2, -0.15) is 0 Å². The summed E-state index contributed by atoms with van der Waals surface area (Å²) in [6.07, 6.45) is 0.857. The second-order valence-electron chi connectivity index (χ2n) is 3.58. The summed E-state index contributed by atoms with van der Waals surface area (Å²) in [5, 5.41) is 0. The maximum atomic E-state index is 13.0. The van der Waals surface area contributed by atoms with Crippen LogP contribution < -0.4 is 0 Å². The Morgan fingerprint density at radius 3 is 2.53 bits per heavy atom. The summed E-state index contributed by atoms with van der Waals surface area (Å²) >= 11 is 1.38. The maximum Gasteiger partial charge on any atom is 0.203 e. The van der Waals surface area contributed by atoms with Crippen LogP contribution in [-0.4, -0.2) is 5.78 Å². The van der Waals surface area contributed by atoms with Gasteiger partial charge in [-0.05, 0) is 36.8 Å². The van der Waals surface area contributed by atoms with Crippen molar-refractivity contribution in [1.29, 1.82) is 0 Å². The van der Waals surface area contributed by atoms with Gasteiger partial charge in [0, 0.05) is 10.4 Å². The Bertz CT molecular complexity index is 560. The van der Waals surface area contributed by atoms with E-state index in [1.807, 2.05) is 13.0 Å². The lowest BCUT2D eigenvalue weighted by Crippen LogP contribution is -2.00. The summed E-state index contributed by atoms with van der Waals surface area (Å²) in [4.78, 5) is 13.6. The molecule has 0 radical (unpaired) electrons. The Morgan fingerprint density at radius 2 is 1.94 bits per heavy atom. The molecule has 4 heteroatoms. The predicted molar refractivity (Wildman–Crippen MR) is 63.5 cm³/mol. The number of hydrogen-bond acceptors (Lipinski definition) is 2. The van der Waals surface area contributed by atoms with Crippen LogP contribution in [-0.2, 0) is 6.42 Å². The molecular formula is C13H10F2OS. The summed E-state index contributed by atoms with van der Waals surface area (Å²) in [6.45, 7) is 2.00. The molecule has 2 rings (SSSR count). The first-order valence-corrected chi connectivity index (χ1v) is 6.02. The number of rotatable bonds is 3.